The molecule has 0 N–H and O–H groups in total. The van der Waals surface area contributed by atoms with Crippen LogP contribution >= 0.6 is 0 Å². The van der Waals surface area contributed by atoms with Crippen LogP contribution in [-0.2, 0) is 9.53 Å². The standard InChI is InChI=1S/C12H19NO3/c1-8(2)7-11(14)13-9-5-3-4-6-10(9)16-12(13)15/h8-10H,3-7H2,1-2H3/t9-,10-/m1/s1. The minimum Gasteiger partial charge on any atom is -0.444 e. The van der Waals surface area contributed by atoms with E-state index in [1.165, 1.54) is 4.90 Å². The van der Waals surface area contributed by atoms with Gasteiger partial charge in [0.25, 0.3) is 0 Å². The first-order valence-corrected chi connectivity index (χ1v) is 6.12. The fourth-order valence-corrected chi connectivity index (χ4v) is 2.57. The summed E-state index contributed by atoms with van der Waals surface area (Å²) in [4.78, 5) is 25.0. The minimum atomic E-state index is -0.428. The molecule has 1 aliphatic carbocycles. The molecule has 90 valence electrons. The van der Waals surface area contributed by atoms with Gasteiger partial charge in [-0.15, -0.1) is 0 Å². The molecule has 0 spiro atoms. The maximum absolute atomic E-state index is 11.9. The van der Waals surface area contributed by atoms with Crippen molar-refractivity contribution in [2.75, 3.05) is 0 Å². The highest BCUT2D eigenvalue weighted by molar-refractivity contribution is 5.93. The molecular weight excluding hydrogens is 206 g/mol. The quantitative estimate of drug-likeness (QED) is 0.724. The Morgan fingerprint density at radius 1 is 1.44 bits per heavy atom. The highest BCUT2D eigenvalue weighted by atomic mass is 16.6. The van der Waals surface area contributed by atoms with Crippen LogP contribution in [0.15, 0.2) is 0 Å². The van der Waals surface area contributed by atoms with E-state index >= 15 is 0 Å². The summed E-state index contributed by atoms with van der Waals surface area (Å²) in [6.07, 6.45) is 3.95. The maximum Gasteiger partial charge on any atom is 0.417 e. The third-order valence-electron chi connectivity index (χ3n) is 3.30. The number of carbonyl (C=O) groups is 2. The van der Waals surface area contributed by atoms with Gasteiger partial charge in [0.1, 0.15) is 6.10 Å². The van der Waals surface area contributed by atoms with E-state index < -0.39 is 6.09 Å². The van der Waals surface area contributed by atoms with E-state index in [1.54, 1.807) is 0 Å². The number of nitrogens with zero attached hydrogens (tertiary/aromatic N) is 1. The normalized spacial score (nSPS) is 29.2. The largest absolute Gasteiger partial charge is 0.444 e. The summed E-state index contributed by atoms with van der Waals surface area (Å²) in [6, 6.07) is 0.00694. The molecular formula is C12H19NO3. The van der Waals surface area contributed by atoms with Gasteiger partial charge in [-0.2, -0.15) is 0 Å². The van der Waals surface area contributed by atoms with Crippen molar-refractivity contribution in [3.63, 3.8) is 0 Å². The van der Waals surface area contributed by atoms with Crippen molar-refractivity contribution in [1.29, 1.82) is 0 Å². The van der Waals surface area contributed by atoms with Crippen LogP contribution in [0.3, 0.4) is 0 Å². The Morgan fingerprint density at radius 3 is 2.81 bits per heavy atom. The van der Waals surface area contributed by atoms with Crippen molar-refractivity contribution in [2.45, 2.75) is 58.1 Å². The molecule has 0 aromatic carbocycles. The predicted molar refractivity (Wildman–Crippen MR) is 58.8 cm³/mol. The molecule has 4 nitrogen and oxygen atoms in total. The van der Waals surface area contributed by atoms with Crippen LogP contribution in [0.5, 0.6) is 0 Å². The van der Waals surface area contributed by atoms with Crippen LogP contribution in [0.4, 0.5) is 4.79 Å². The first kappa shape index (κ1) is 11.4. The van der Waals surface area contributed by atoms with Crippen molar-refractivity contribution in [3.05, 3.63) is 0 Å². The van der Waals surface area contributed by atoms with Gasteiger partial charge in [0.05, 0.1) is 6.04 Å². The Bertz CT molecular complexity index is 301. The molecule has 0 bridgehead atoms. The third kappa shape index (κ3) is 2.06. The molecule has 1 aliphatic heterocycles. The number of fused-ring (bicyclic) bond motifs is 1. The van der Waals surface area contributed by atoms with Gasteiger partial charge in [0.2, 0.25) is 5.91 Å². The van der Waals surface area contributed by atoms with Crippen LogP contribution < -0.4 is 0 Å². The summed E-state index contributed by atoms with van der Waals surface area (Å²) in [7, 11) is 0. The maximum atomic E-state index is 11.9. The zero-order valence-electron chi connectivity index (χ0n) is 9.94. The number of carbonyl (C=O) groups excluding carboxylic acids is 2. The molecule has 0 aromatic heterocycles. The predicted octanol–water partition coefficient (Wildman–Crippen LogP) is 2.32. The van der Waals surface area contributed by atoms with E-state index in [2.05, 4.69) is 0 Å². The van der Waals surface area contributed by atoms with Crippen molar-refractivity contribution >= 4 is 12.0 Å². The van der Waals surface area contributed by atoms with Crippen LogP contribution in [-0.4, -0.2) is 29.0 Å². The average Bonchev–Trinajstić information content (AvgIpc) is 2.52. The number of ether oxygens (including phenoxy) is 1. The summed E-state index contributed by atoms with van der Waals surface area (Å²) >= 11 is 0. The molecule has 2 rings (SSSR count). The Hall–Kier alpha value is -1.06. The zero-order chi connectivity index (χ0) is 11.7. The molecule has 0 aromatic rings. The summed E-state index contributed by atoms with van der Waals surface area (Å²) in [5, 5.41) is 0. The van der Waals surface area contributed by atoms with Crippen LogP contribution in [0.1, 0.15) is 46.0 Å². The molecule has 1 saturated carbocycles. The van der Waals surface area contributed by atoms with E-state index in [1.807, 2.05) is 13.8 Å². The van der Waals surface area contributed by atoms with Crippen molar-refractivity contribution in [3.8, 4) is 0 Å². The van der Waals surface area contributed by atoms with Gasteiger partial charge in [-0.25, -0.2) is 9.69 Å². The Labute approximate surface area is 95.9 Å². The summed E-state index contributed by atoms with van der Waals surface area (Å²) in [5.74, 6) is 0.206. The van der Waals surface area contributed by atoms with Crippen LogP contribution in [0.25, 0.3) is 0 Å². The number of rotatable bonds is 2. The lowest BCUT2D eigenvalue weighted by molar-refractivity contribution is -0.130. The summed E-state index contributed by atoms with van der Waals surface area (Å²) in [5.41, 5.74) is 0. The minimum absolute atomic E-state index is 0.00694. The molecule has 0 radical (unpaired) electrons. The molecule has 1 saturated heterocycles. The fourth-order valence-electron chi connectivity index (χ4n) is 2.57. The van der Waals surface area contributed by atoms with Gasteiger partial charge in [-0.1, -0.05) is 20.3 Å². The van der Waals surface area contributed by atoms with Gasteiger partial charge < -0.3 is 4.74 Å². The second-order valence-electron chi connectivity index (χ2n) is 5.14. The molecule has 2 atom stereocenters. The summed E-state index contributed by atoms with van der Waals surface area (Å²) < 4.78 is 5.25. The van der Waals surface area contributed by atoms with E-state index in [9.17, 15) is 9.59 Å². The van der Waals surface area contributed by atoms with E-state index in [0.29, 0.717) is 6.42 Å². The van der Waals surface area contributed by atoms with E-state index in [0.717, 1.165) is 25.7 Å². The highest BCUT2D eigenvalue weighted by Crippen LogP contribution is 2.32. The Kier molecular flexibility index (Phi) is 3.17. The van der Waals surface area contributed by atoms with Gasteiger partial charge in [0, 0.05) is 6.42 Å². The second kappa shape index (κ2) is 4.44. The van der Waals surface area contributed by atoms with Gasteiger partial charge in [0.15, 0.2) is 0 Å². The molecule has 4 heteroatoms. The van der Waals surface area contributed by atoms with Gasteiger partial charge >= 0.3 is 6.09 Å². The third-order valence-corrected chi connectivity index (χ3v) is 3.30. The highest BCUT2D eigenvalue weighted by Gasteiger charge is 2.45. The average molecular weight is 225 g/mol. The van der Waals surface area contributed by atoms with Crippen molar-refractivity contribution < 1.29 is 14.3 Å². The van der Waals surface area contributed by atoms with Crippen LogP contribution in [0, 0.1) is 5.92 Å². The van der Waals surface area contributed by atoms with Crippen LogP contribution in [0.2, 0.25) is 0 Å². The molecule has 2 amide bonds. The number of hydrogen-bond donors (Lipinski definition) is 0. The first-order valence-electron chi connectivity index (χ1n) is 6.12. The Morgan fingerprint density at radius 2 is 2.12 bits per heavy atom. The van der Waals surface area contributed by atoms with Crippen molar-refractivity contribution in [1.82, 2.24) is 4.90 Å². The van der Waals surface area contributed by atoms with Gasteiger partial charge in [-0.05, 0) is 25.2 Å². The molecule has 0 unspecified atom stereocenters. The Balaban J connectivity index is 2.07. The zero-order valence-corrected chi connectivity index (χ0v) is 9.94. The number of amides is 2. The topological polar surface area (TPSA) is 46.6 Å². The number of hydrogen-bond acceptors (Lipinski definition) is 3. The second-order valence-corrected chi connectivity index (χ2v) is 5.14. The fraction of sp³-hybridized carbons (Fsp3) is 0.833. The molecule has 16 heavy (non-hydrogen) atoms. The summed E-state index contributed by atoms with van der Waals surface area (Å²) in [6.45, 7) is 3.97. The van der Waals surface area contributed by atoms with Gasteiger partial charge in [-0.3, -0.25) is 4.79 Å². The molecule has 2 aliphatic rings. The lowest BCUT2D eigenvalue weighted by Crippen LogP contribution is -2.42. The number of imide groups is 1. The SMILES string of the molecule is CC(C)CC(=O)N1C(=O)O[C@@H]2CCCC[C@H]21. The lowest BCUT2D eigenvalue weighted by Gasteiger charge is -2.27. The van der Waals surface area contributed by atoms with E-state index in [-0.39, 0.29) is 24.0 Å². The lowest BCUT2D eigenvalue weighted by atomic mass is 9.92. The first-order chi connectivity index (χ1) is 7.59. The molecule has 1 heterocycles. The smallest absolute Gasteiger partial charge is 0.417 e. The van der Waals surface area contributed by atoms with E-state index in [4.69, 9.17) is 4.74 Å². The monoisotopic (exact) mass is 225 g/mol. The van der Waals surface area contributed by atoms with Crippen molar-refractivity contribution in [2.24, 2.45) is 5.92 Å². The molecule has 2 fully saturated rings.